The van der Waals surface area contributed by atoms with E-state index in [-0.39, 0.29) is 17.1 Å². The fraction of sp³-hybridized carbons (Fsp3) is 0.857. The van der Waals surface area contributed by atoms with Crippen LogP contribution in [0.25, 0.3) is 0 Å². The molecule has 0 radical (unpaired) electrons. The number of hydrogen-bond acceptors (Lipinski definition) is 2. The fourth-order valence-corrected chi connectivity index (χ4v) is 3.87. The van der Waals surface area contributed by atoms with Crippen LogP contribution in [0.5, 0.6) is 0 Å². The van der Waals surface area contributed by atoms with Crippen LogP contribution in [0, 0.1) is 11.3 Å². The van der Waals surface area contributed by atoms with Crippen LogP contribution in [0.4, 0.5) is 0 Å². The summed E-state index contributed by atoms with van der Waals surface area (Å²) in [5.41, 5.74) is 7.92. The lowest BCUT2D eigenvalue weighted by atomic mass is 9.55. The summed E-state index contributed by atoms with van der Waals surface area (Å²) in [4.78, 5) is 0. The summed E-state index contributed by atoms with van der Waals surface area (Å²) in [6, 6.07) is 0. The zero-order valence-electron chi connectivity index (χ0n) is 10.8. The second kappa shape index (κ2) is 3.85. The Hall–Kier alpha value is -0.340. The third kappa shape index (κ3) is 1.93. The van der Waals surface area contributed by atoms with Gasteiger partial charge >= 0.3 is 0 Å². The molecule has 3 N–H and O–H groups in total. The second-order valence-corrected chi connectivity index (χ2v) is 6.49. The third-order valence-corrected chi connectivity index (χ3v) is 4.70. The molecule has 0 heterocycles. The van der Waals surface area contributed by atoms with Crippen LogP contribution in [0.1, 0.15) is 52.9 Å². The van der Waals surface area contributed by atoms with Gasteiger partial charge in [-0.2, -0.15) is 0 Å². The van der Waals surface area contributed by atoms with Gasteiger partial charge < -0.3 is 10.8 Å². The molecule has 3 unspecified atom stereocenters. The summed E-state index contributed by atoms with van der Waals surface area (Å²) in [5.74, 6) is 0.549. The zero-order valence-corrected chi connectivity index (χ0v) is 10.8. The average Bonchev–Trinajstić information content (AvgIpc) is 2.16. The van der Waals surface area contributed by atoms with E-state index in [4.69, 9.17) is 5.73 Å². The molecule has 1 saturated carbocycles. The van der Waals surface area contributed by atoms with Gasteiger partial charge in [-0.25, -0.2) is 0 Å². The van der Waals surface area contributed by atoms with Crippen LogP contribution < -0.4 is 5.73 Å². The molecule has 2 aliphatic carbocycles. The van der Waals surface area contributed by atoms with Crippen LogP contribution in [0.15, 0.2) is 11.6 Å². The summed E-state index contributed by atoms with van der Waals surface area (Å²) in [5, 5.41) is 9.78. The average molecular weight is 223 g/mol. The van der Waals surface area contributed by atoms with Gasteiger partial charge in [0.2, 0.25) is 0 Å². The van der Waals surface area contributed by atoms with Crippen molar-refractivity contribution in [3.63, 3.8) is 0 Å². The molecule has 0 aromatic heterocycles. The van der Waals surface area contributed by atoms with Crippen molar-refractivity contribution in [2.24, 2.45) is 17.1 Å². The minimum atomic E-state index is -0.126. The van der Waals surface area contributed by atoms with E-state index < -0.39 is 0 Å². The molecule has 0 aromatic rings. The first-order valence-corrected chi connectivity index (χ1v) is 6.50. The Morgan fingerprint density at radius 3 is 2.75 bits per heavy atom. The van der Waals surface area contributed by atoms with Crippen LogP contribution in [0.3, 0.4) is 0 Å². The van der Waals surface area contributed by atoms with Crippen molar-refractivity contribution in [1.82, 2.24) is 0 Å². The van der Waals surface area contributed by atoms with Crippen molar-refractivity contribution in [1.29, 1.82) is 0 Å². The predicted molar refractivity (Wildman–Crippen MR) is 67.0 cm³/mol. The molecule has 2 rings (SSSR count). The Morgan fingerprint density at radius 2 is 2.12 bits per heavy atom. The summed E-state index contributed by atoms with van der Waals surface area (Å²) < 4.78 is 0. The highest BCUT2D eigenvalue weighted by Gasteiger charge is 2.47. The minimum Gasteiger partial charge on any atom is -0.393 e. The van der Waals surface area contributed by atoms with E-state index in [1.807, 2.05) is 0 Å². The monoisotopic (exact) mass is 223 g/mol. The molecule has 0 aliphatic heterocycles. The number of fused-ring (bicyclic) bond motifs is 1. The van der Waals surface area contributed by atoms with E-state index in [0.717, 1.165) is 25.7 Å². The van der Waals surface area contributed by atoms with E-state index in [1.54, 1.807) is 0 Å². The molecular weight excluding hydrogens is 198 g/mol. The Labute approximate surface area is 98.9 Å². The van der Waals surface area contributed by atoms with Gasteiger partial charge in [0.15, 0.2) is 0 Å². The topological polar surface area (TPSA) is 46.2 Å². The molecule has 0 amide bonds. The molecule has 92 valence electrons. The molecule has 0 aromatic carbocycles. The van der Waals surface area contributed by atoms with Crippen LogP contribution >= 0.6 is 0 Å². The van der Waals surface area contributed by atoms with E-state index >= 15 is 0 Å². The molecule has 2 nitrogen and oxygen atoms in total. The van der Waals surface area contributed by atoms with E-state index in [2.05, 4.69) is 26.8 Å². The van der Waals surface area contributed by atoms with Crippen molar-refractivity contribution in [2.45, 2.75) is 64.5 Å². The first-order valence-electron chi connectivity index (χ1n) is 6.50. The standard InChI is InChI=1S/C14H25NO/c1-13(2,15)12-6-4-5-10-9-11(16)7-8-14(10,12)3/h5,11-12,16H,4,6-9,15H2,1-3H3. The Bertz CT molecular complexity index is 302. The second-order valence-electron chi connectivity index (χ2n) is 6.49. The highest BCUT2D eigenvalue weighted by Crippen LogP contribution is 2.53. The van der Waals surface area contributed by atoms with Gasteiger partial charge in [-0.15, -0.1) is 0 Å². The van der Waals surface area contributed by atoms with Gasteiger partial charge in [-0.1, -0.05) is 18.6 Å². The molecule has 1 fully saturated rings. The van der Waals surface area contributed by atoms with E-state index in [0.29, 0.717) is 5.92 Å². The van der Waals surface area contributed by atoms with Crippen molar-refractivity contribution >= 4 is 0 Å². The Balaban J connectivity index is 2.30. The van der Waals surface area contributed by atoms with Gasteiger partial charge in [0.1, 0.15) is 0 Å². The highest BCUT2D eigenvalue weighted by molar-refractivity contribution is 5.23. The minimum absolute atomic E-state index is 0.115. The number of nitrogens with two attached hydrogens (primary N) is 1. The molecular formula is C14H25NO. The SMILES string of the molecule is CC(C)(N)C1CCC=C2CC(O)CCC21C. The number of aliphatic hydroxyl groups excluding tert-OH is 1. The van der Waals surface area contributed by atoms with Gasteiger partial charge in [-0.05, 0) is 57.3 Å². The predicted octanol–water partition coefficient (Wildman–Crippen LogP) is 2.61. The maximum Gasteiger partial charge on any atom is 0.0577 e. The number of hydrogen-bond donors (Lipinski definition) is 2. The van der Waals surface area contributed by atoms with Crippen LogP contribution in [-0.4, -0.2) is 16.7 Å². The summed E-state index contributed by atoms with van der Waals surface area (Å²) >= 11 is 0. The summed E-state index contributed by atoms with van der Waals surface area (Å²) in [7, 11) is 0. The number of allylic oxidation sites excluding steroid dienone is 1. The first kappa shape index (κ1) is 12.1. The lowest BCUT2D eigenvalue weighted by Gasteiger charge is -2.51. The maximum atomic E-state index is 9.78. The lowest BCUT2D eigenvalue weighted by molar-refractivity contribution is 0.0482. The largest absolute Gasteiger partial charge is 0.393 e. The third-order valence-electron chi connectivity index (χ3n) is 4.70. The molecule has 16 heavy (non-hydrogen) atoms. The normalized spacial score (nSPS) is 40.2. The van der Waals surface area contributed by atoms with Crippen molar-refractivity contribution in [3.8, 4) is 0 Å². The van der Waals surface area contributed by atoms with Gasteiger partial charge in [-0.3, -0.25) is 0 Å². The van der Waals surface area contributed by atoms with E-state index in [1.165, 1.54) is 12.0 Å². The van der Waals surface area contributed by atoms with Crippen molar-refractivity contribution in [3.05, 3.63) is 11.6 Å². The van der Waals surface area contributed by atoms with Gasteiger partial charge in [0.25, 0.3) is 0 Å². The maximum absolute atomic E-state index is 9.78. The first-order chi connectivity index (χ1) is 7.34. The molecule has 2 aliphatic rings. The quantitative estimate of drug-likeness (QED) is 0.671. The molecule has 0 spiro atoms. The highest BCUT2D eigenvalue weighted by atomic mass is 16.3. The lowest BCUT2D eigenvalue weighted by Crippen LogP contribution is -2.52. The van der Waals surface area contributed by atoms with Gasteiger partial charge in [0.05, 0.1) is 6.10 Å². The number of rotatable bonds is 1. The molecule has 0 saturated heterocycles. The zero-order chi connectivity index (χ0) is 12.0. The summed E-state index contributed by atoms with van der Waals surface area (Å²) in [6.07, 6.45) is 7.43. The van der Waals surface area contributed by atoms with Crippen molar-refractivity contribution in [2.75, 3.05) is 0 Å². The number of aliphatic hydroxyl groups is 1. The molecule has 2 heteroatoms. The van der Waals surface area contributed by atoms with Crippen molar-refractivity contribution < 1.29 is 5.11 Å². The molecule has 0 bridgehead atoms. The van der Waals surface area contributed by atoms with Crippen LogP contribution in [-0.2, 0) is 0 Å². The smallest absolute Gasteiger partial charge is 0.0577 e. The molecule has 3 atom stereocenters. The van der Waals surface area contributed by atoms with Crippen LogP contribution in [0.2, 0.25) is 0 Å². The fourth-order valence-electron chi connectivity index (χ4n) is 3.87. The summed E-state index contributed by atoms with van der Waals surface area (Å²) in [6.45, 7) is 6.65. The van der Waals surface area contributed by atoms with Gasteiger partial charge in [0, 0.05) is 5.54 Å². The van der Waals surface area contributed by atoms with E-state index in [9.17, 15) is 5.11 Å². The Morgan fingerprint density at radius 1 is 1.44 bits per heavy atom. The Kier molecular flexibility index (Phi) is 2.92.